The molecule has 1 heterocycles. The fourth-order valence-corrected chi connectivity index (χ4v) is 2.20. The molecule has 0 aromatic carbocycles. The third kappa shape index (κ3) is 4.59. The maximum absolute atomic E-state index is 12.1. The zero-order chi connectivity index (χ0) is 14.6. The largest absolute Gasteiger partial charge is 0.344 e. The van der Waals surface area contributed by atoms with Crippen molar-refractivity contribution in [2.24, 2.45) is 5.92 Å². The van der Waals surface area contributed by atoms with Gasteiger partial charge in [0, 0.05) is 12.8 Å². The molecule has 0 radical (unpaired) electrons. The van der Waals surface area contributed by atoms with Crippen LogP contribution in [-0.4, -0.2) is 28.1 Å². The van der Waals surface area contributed by atoms with Gasteiger partial charge < -0.3 is 5.32 Å². The molecule has 1 rings (SSSR count). The van der Waals surface area contributed by atoms with E-state index < -0.39 is 6.04 Å². The van der Waals surface area contributed by atoms with E-state index in [2.05, 4.69) is 20.8 Å². The third-order valence-corrected chi connectivity index (χ3v) is 3.61. The molecule has 0 aliphatic carbocycles. The van der Waals surface area contributed by atoms with Crippen LogP contribution in [0.2, 0.25) is 0 Å². The highest BCUT2D eigenvalue weighted by Gasteiger charge is 2.24. The molecule has 1 aromatic heterocycles. The molecule has 19 heavy (non-hydrogen) atoms. The minimum absolute atomic E-state index is 0.00129. The van der Waals surface area contributed by atoms with Gasteiger partial charge in [-0.05, 0) is 5.92 Å². The topological polar surface area (TPSA) is 84.0 Å². The Balaban J connectivity index is 2.72. The van der Waals surface area contributed by atoms with Crippen molar-refractivity contribution in [3.05, 3.63) is 5.01 Å². The van der Waals surface area contributed by atoms with Gasteiger partial charge in [0.1, 0.15) is 11.0 Å². The van der Waals surface area contributed by atoms with E-state index in [-0.39, 0.29) is 23.7 Å². The number of aromatic nitrogens is 2. The SMILES string of the molecule is CC(=O)NC(C(=O)Nc1nnc(C(C)C)s1)C(C)C. The smallest absolute Gasteiger partial charge is 0.249 e. The Hall–Kier alpha value is -1.50. The lowest BCUT2D eigenvalue weighted by atomic mass is 10.0. The normalized spacial score (nSPS) is 12.6. The molecule has 1 unspecified atom stereocenters. The van der Waals surface area contributed by atoms with Crippen LogP contribution in [0.5, 0.6) is 0 Å². The van der Waals surface area contributed by atoms with Crippen LogP contribution in [0.15, 0.2) is 0 Å². The molecule has 0 saturated heterocycles. The molecule has 106 valence electrons. The second-order valence-corrected chi connectivity index (χ2v) is 6.02. The molecule has 0 spiro atoms. The molecule has 7 heteroatoms. The van der Waals surface area contributed by atoms with Crippen LogP contribution in [0.25, 0.3) is 0 Å². The Kier molecular flexibility index (Phi) is 5.41. The molecule has 0 aliphatic rings. The van der Waals surface area contributed by atoms with Crippen LogP contribution < -0.4 is 10.6 Å². The van der Waals surface area contributed by atoms with Crippen molar-refractivity contribution in [2.75, 3.05) is 5.32 Å². The van der Waals surface area contributed by atoms with Crippen molar-refractivity contribution in [2.45, 2.75) is 46.6 Å². The summed E-state index contributed by atoms with van der Waals surface area (Å²) in [6.07, 6.45) is 0. The first kappa shape index (κ1) is 15.6. The molecule has 2 amide bonds. The highest BCUT2D eigenvalue weighted by atomic mass is 32.1. The van der Waals surface area contributed by atoms with E-state index in [0.29, 0.717) is 5.13 Å². The average Bonchev–Trinajstić information content (AvgIpc) is 2.73. The molecular formula is C12H20N4O2S. The van der Waals surface area contributed by atoms with Crippen LogP contribution in [0.4, 0.5) is 5.13 Å². The van der Waals surface area contributed by atoms with E-state index >= 15 is 0 Å². The van der Waals surface area contributed by atoms with Crippen molar-refractivity contribution < 1.29 is 9.59 Å². The minimum Gasteiger partial charge on any atom is -0.344 e. The van der Waals surface area contributed by atoms with E-state index in [1.54, 1.807) is 0 Å². The van der Waals surface area contributed by atoms with Crippen LogP contribution in [0, 0.1) is 5.92 Å². The summed E-state index contributed by atoms with van der Waals surface area (Å²) in [6, 6.07) is -0.566. The molecule has 0 aliphatic heterocycles. The number of nitrogens with one attached hydrogen (secondary N) is 2. The molecule has 6 nitrogen and oxygen atoms in total. The monoisotopic (exact) mass is 284 g/mol. The van der Waals surface area contributed by atoms with Crippen LogP contribution >= 0.6 is 11.3 Å². The first-order chi connectivity index (χ1) is 8.81. The number of hydrogen-bond acceptors (Lipinski definition) is 5. The Morgan fingerprint density at radius 2 is 1.79 bits per heavy atom. The zero-order valence-electron chi connectivity index (χ0n) is 11.9. The average molecular weight is 284 g/mol. The Bertz CT molecular complexity index is 456. The summed E-state index contributed by atoms with van der Waals surface area (Å²) in [5.41, 5.74) is 0. The highest BCUT2D eigenvalue weighted by molar-refractivity contribution is 7.15. The van der Waals surface area contributed by atoms with Gasteiger partial charge in [0.15, 0.2) is 0 Å². The first-order valence-corrected chi connectivity index (χ1v) is 7.04. The van der Waals surface area contributed by atoms with Gasteiger partial charge in [-0.3, -0.25) is 14.9 Å². The second-order valence-electron chi connectivity index (χ2n) is 5.01. The van der Waals surface area contributed by atoms with E-state index in [4.69, 9.17) is 0 Å². The standard InChI is InChI=1S/C12H20N4O2S/c1-6(2)9(13-8(5)17)10(18)14-12-16-15-11(19-12)7(3)4/h6-7,9H,1-5H3,(H,13,17)(H,14,16,18). The van der Waals surface area contributed by atoms with Gasteiger partial charge in [0.25, 0.3) is 0 Å². The van der Waals surface area contributed by atoms with E-state index in [1.807, 2.05) is 27.7 Å². The predicted octanol–water partition coefficient (Wildman–Crippen LogP) is 1.76. The predicted molar refractivity (Wildman–Crippen MR) is 75.1 cm³/mol. The highest BCUT2D eigenvalue weighted by Crippen LogP contribution is 2.22. The summed E-state index contributed by atoms with van der Waals surface area (Å²) in [6.45, 7) is 9.17. The Labute approximate surface area is 117 Å². The minimum atomic E-state index is -0.566. The molecule has 0 bridgehead atoms. The van der Waals surface area contributed by atoms with Gasteiger partial charge in [-0.1, -0.05) is 39.0 Å². The quantitative estimate of drug-likeness (QED) is 0.863. The number of hydrogen-bond donors (Lipinski definition) is 2. The first-order valence-electron chi connectivity index (χ1n) is 6.22. The molecule has 1 aromatic rings. The van der Waals surface area contributed by atoms with E-state index in [0.717, 1.165) is 5.01 Å². The van der Waals surface area contributed by atoms with Crippen LogP contribution in [0.3, 0.4) is 0 Å². The molecular weight excluding hydrogens is 264 g/mol. The number of nitrogens with zero attached hydrogens (tertiary/aromatic N) is 2. The maximum atomic E-state index is 12.1. The van der Waals surface area contributed by atoms with Crippen molar-refractivity contribution in [1.29, 1.82) is 0 Å². The number of amides is 2. The van der Waals surface area contributed by atoms with Gasteiger partial charge in [-0.2, -0.15) is 0 Å². The van der Waals surface area contributed by atoms with Crippen molar-refractivity contribution in [3.63, 3.8) is 0 Å². The number of rotatable bonds is 5. The van der Waals surface area contributed by atoms with Gasteiger partial charge in [-0.25, -0.2) is 0 Å². The van der Waals surface area contributed by atoms with Gasteiger partial charge in [-0.15, -0.1) is 10.2 Å². The van der Waals surface area contributed by atoms with Gasteiger partial charge >= 0.3 is 0 Å². The fraction of sp³-hybridized carbons (Fsp3) is 0.667. The summed E-state index contributed by atoms with van der Waals surface area (Å²) in [5, 5.41) is 14.6. The van der Waals surface area contributed by atoms with E-state index in [9.17, 15) is 9.59 Å². The number of carbonyl (C=O) groups is 2. The second kappa shape index (κ2) is 6.60. The fourth-order valence-electron chi connectivity index (χ4n) is 1.46. The number of carbonyl (C=O) groups excluding carboxylic acids is 2. The van der Waals surface area contributed by atoms with Crippen LogP contribution in [-0.2, 0) is 9.59 Å². The van der Waals surface area contributed by atoms with Crippen molar-refractivity contribution in [3.8, 4) is 0 Å². The molecule has 2 N–H and O–H groups in total. The van der Waals surface area contributed by atoms with E-state index in [1.165, 1.54) is 18.3 Å². The summed E-state index contributed by atoms with van der Waals surface area (Å²) in [7, 11) is 0. The third-order valence-electron chi connectivity index (χ3n) is 2.47. The number of anilines is 1. The molecule has 0 saturated carbocycles. The Morgan fingerprint density at radius 3 is 2.21 bits per heavy atom. The lowest BCUT2D eigenvalue weighted by molar-refractivity contribution is -0.126. The molecule has 1 atom stereocenters. The summed E-state index contributed by atoms with van der Waals surface area (Å²) >= 11 is 1.35. The summed E-state index contributed by atoms with van der Waals surface area (Å²) in [4.78, 5) is 23.2. The summed E-state index contributed by atoms with van der Waals surface area (Å²) in [5.74, 6) is -0.216. The lowest BCUT2D eigenvalue weighted by Crippen LogP contribution is -2.46. The maximum Gasteiger partial charge on any atom is 0.249 e. The van der Waals surface area contributed by atoms with Gasteiger partial charge in [0.05, 0.1) is 0 Å². The van der Waals surface area contributed by atoms with Crippen molar-refractivity contribution >= 4 is 28.3 Å². The van der Waals surface area contributed by atoms with Crippen LogP contribution in [0.1, 0.15) is 45.5 Å². The summed E-state index contributed by atoms with van der Waals surface area (Å²) < 4.78 is 0. The zero-order valence-corrected chi connectivity index (χ0v) is 12.7. The van der Waals surface area contributed by atoms with Crippen molar-refractivity contribution in [1.82, 2.24) is 15.5 Å². The van der Waals surface area contributed by atoms with Gasteiger partial charge in [0.2, 0.25) is 16.9 Å². The lowest BCUT2D eigenvalue weighted by Gasteiger charge is -2.19. The molecule has 0 fully saturated rings. The Morgan fingerprint density at radius 1 is 1.16 bits per heavy atom.